The van der Waals surface area contributed by atoms with Crippen LogP contribution >= 0.6 is 11.6 Å². The minimum atomic E-state index is 0.743. The molecule has 4 aromatic carbocycles. The Morgan fingerprint density at radius 2 is 1.12 bits per heavy atom. The van der Waals surface area contributed by atoms with Crippen molar-refractivity contribution in [2.75, 3.05) is 5.32 Å². The van der Waals surface area contributed by atoms with Gasteiger partial charge >= 0.3 is 0 Å². The third kappa shape index (κ3) is 3.12. The number of fused-ring (bicyclic) bond motifs is 1. The number of hydrogen-bond acceptors (Lipinski definition) is 1. The zero-order chi connectivity index (χ0) is 16.4. The fourth-order valence-electron chi connectivity index (χ4n) is 2.81. The van der Waals surface area contributed by atoms with Crippen LogP contribution in [0.15, 0.2) is 91.0 Å². The predicted octanol–water partition coefficient (Wildman–Crippen LogP) is 6.90. The summed E-state index contributed by atoms with van der Waals surface area (Å²) in [6.07, 6.45) is 0. The van der Waals surface area contributed by atoms with Crippen molar-refractivity contribution in [1.82, 2.24) is 0 Å². The van der Waals surface area contributed by atoms with E-state index in [-0.39, 0.29) is 0 Å². The number of benzene rings is 4. The third-order valence-corrected chi connectivity index (χ3v) is 4.35. The first-order valence-corrected chi connectivity index (χ1v) is 8.28. The molecule has 0 aromatic heterocycles. The molecule has 0 saturated carbocycles. The molecule has 0 saturated heterocycles. The summed E-state index contributed by atoms with van der Waals surface area (Å²) in [6.45, 7) is 0. The Hall–Kier alpha value is -2.77. The predicted molar refractivity (Wildman–Crippen MR) is 104 cm³/mol. The fourth-order valence-corrected chi connectivity index (χ4v) is 2.94. The number of halogens is 1. The summed E-state index contributed by atoms with van der Waals surface area (Å²) >= 11 is 5.92. The highest BCUT2D eigenvalue weighted by molar-refractivity contribution is 6.30. The van der Waals surface area contributed by atoms with Crippen LogP contribution in [0.3, 0.4) is 0 Å². The average Bonchev–Trinajstić information content (AvgIpc) is 2.64. The minimum Gasteiger partial charge on any atom is -0.356 e. The van der Waals surface area contributed by atoms with Gasteiger partial charge in [-0.15, -0.1) is 0 Å². The SMILES string of the molecule is Clc1ccc(Nc2ccc(-c3ccc4ccccc4c3)cc2)cc1. The second-order valence-corrected chi connectivity index (χ2v) is 6.21. The largest absolute Gasteiger partial charge is 0.356 e. The maximum atomic E-state index is 5.92. The third-order valence-electron chi connectivity index (χ3n) is 4.10. The van der Waals surface area contributed by atoms with Gasteiger partial charge in [0.1, 0.15) is 0 Å². The van der Waals surface area contributed by atoms with Gasteiger partial charge in [-0.05, 0) is 64.4 Å². The van der Waals surface area contributed by atoms with Gasteiger partial charge in [0, 0.05) is 16.4 Å². The Bertz CT molecular complexity index is 973. The van der Waals surface area contributed by atoms with Gasteiger partial charge in [0.15, 0.2) is 0 Å². The quantitative estimate of drug-likeness (QED) is 0.431. The maximum absolute atomic E-state index is 5.92. The molecule has 116 valence electrons. The van der Waals surface area contributed by atoms with Crippen LogP contribution in [-0.4, -0.2) is 0 Å². The maximum Gasteiger partial charge on any atom is 0.0407 e. The molecule has 2 heteroatoms. The first kappa shape index (κ1) is 14.8. The lowest BCUT2D eigenvalue weighted by Gasteiger charge is -2.08. The first-order valence-electron chi connectivity index (χ1n) is 7.90. The van der Waals surface area contributed by atoms with E-state index in [1.54, 1.807) is 0 Å². The van der Waals surface area contributed by atoms with Gasteiger partial charge < -0.3 is 5.32 Å². The summed E-state index contributed by atoms with van der Waals surface area (Å²) in [5.74, 6) is 0. The van der Waals surface area contributed by atoms with E-state index in [9.17, 15) is 0 Å². The lowest BCUT2D eigenvalue weighted by atomic mass is 10.0. The molecule has 0 radical (unpaired) electrons. The summed E-state index contributed by atoms with van der Waals surface area (Å²) in [5, 5.41) is 6.65. The lowest BCUT2D eigenvalue weighted by molar-refractivity contribution is 1.54. The molecule has 24 heavy (non-hydrogen) atoms. The number of nitrogens with one attached hydrogen (secondary N) is 1. The van der Waals surface area contributed by atoms with Gasteiger partial charge in [-0.2, -0.15) is 0 Å². The normalized spacial score (nSPS) is 10.7. The van der Waals surface area contributed by atoms with Crippen molar-refractivity contribution in [2.24, 2.45) is 0 Å². The van der Waals surface area contributed by atoms with Crippen molar-refractivity contribution in [3.05, 3.63) is 96.0 Å². The molecule has 0 unspecified atom stereocenters. The molecule has 0 fully saturated rings. The molecule has 4 rings (SSSR count). The Balaban J connectivity index is 1.59. The molecule has 0 aliphatic heterocycles. The highest BCUT2D eigenvalue weighted by Crippen LogP contribution is 2.26. The van der Waals surface area contributed by atoms with Crippen LogP contribution in [0.25, 0.3) is 21.9 Å². The Morgan fingerprint density at radius 3 is 1.83 bits per heavy atom. The van der Waals surface area contributed by atoms with Crippen LogP contribution in [0.4, 0.5) is 11.4 Å². The molecular formula is C22H16ClN. The van der Waals surface area contributed by atoms with E-state index in [1.807, 2.05) is 24.3 Å². The molecule has 4 aromatic rings. The van der Waals surface area contributed by atoms with Gasteiger partial charge in [0.2, 0.25) is 0 Å². The van der Waals surface area contributed by atoms with Crippen LogP contribution in [0.1, 0.15) is 0 Å². The van der Waals surface area contributed by atoms with Crippen molar-refractivity contribution in [2.45, 2.75) is 0 Å². The zero-order valence-corrected chi connectivity index (χ0v) is 13.8. The number of hydrogen-bond donors (Lipinski definition) is 1. The highest BCUT2D eigenvalue weighted by Gasteiger charge is 2.01. The Labute approximate surface area is 146 Å². The van der Waals surface area contributed by atoms with E-state index in [0.29, 0.717) is 0 Å². The lowest BCUT2D eigenvalue weighted by Crippen LogP contribution is -1.89. The van der Waals surface area contributed by atoms with E-state index < -0.39 is 0 Å². The number of anilines is 2. The number of rotatable bonds is 3. The van der Waals surface area contributed by atoms with Crippen LogP contribution in [0, 0.1) is 0 Å². The van der Waals surface area contributed by atoms with Crippen molar-refractivity contribution >= 4 is 33.7 Å². The topological polar surface area (TPSA) is 12.0 Å². The van der Waals surface area contributed by atoms with E-state index >= 15 is 0 Å². The molecule has 1 nitrogen and oxygen atoms in total. The van der Waals surface area contributed by atoms with E-state index in [0.717, 1.165) is 16.4 Å². The Morgan fingerprint density at radius 1 is 0.542 bits per heavy atom. The fraction of sp³-hybridized carbons (Fsp3) is 0. The second kappa shape index (κ2) is 6.38. The Kier molecular flexibility index (Phi) is 3.94. The molecule has 0 aliphatic rings. The van der Waals surface area contributed by atoms with Gasteiger partial charge in [0.05, 0.1) is 0 Å². The zero-order valence-electron chi connectivity index (χ0n) is 13.0. The molecule has 0 atom stereocenters. The standard InChI is InChI=1S/C22H16ClN/c23-20-9-13-22(14-10-20)24-21-11-7-17(8-12-21)19-6-5-16-3-1-2-4-18(16)15-19/h1-15,24H. The first-order chi connectivity index (χ1) is 11.8. The second-order valence-electron chi connectivity index (χ2n) is 5.77. The van der Waals surface area contributed by atoms with Gasteiger partial charge in [-0.1, -0.05) is 60.1 Å². The van der Waals surface area contributed by atoms with Crippen LogP contribution in [0.5, 0.6) is 0 Å². The monoisotopic (exact) mass is 329 g/mol. The van der Waals surface area contributed by atoms with Crippen LogP contribution in [0.2, 0.25) is 5.02 Å². The summed E-state index contributed by atoms with van der Waals surface area (Å²) in [4.78, 5) is 0. The van der Waals surface area contributed by atoms with Crippen molar-refractivity contribution in [3.8, 4) is 11.1 Å². The van der Waals surface area contributed by atoms with Gasteiger partial charge in [-0.3, -0.25) is 0 Å². The summed E-state index contributed by atoms with van der Waals surface area (Å²) in [5.41, 5.74) is 4.52. The molecule has 0 spiro atoms. The van der Waals surface area contributed by atoms with E-state index in [2.05, 4.69) is 72.0 Å². The molecule has 0 heterocycles. The van der Waals surface area contributed by atoms with Gasteiger partial charge in [0.25, 0.3) is 0 Å². The smallest absolute Gasteiger partial charge is 0.0407 e. The van der Waals surface area contributed by atoms with E-state index in [1.165, 1.54) is 21.9 Å². The molecule has 1 N–H and O–H groups in total. The molecular weight excluding hydrogens is 314 g/mol. The summed E-state index contributed by atoms with van der Waals surface area (Å²) < 4.78 is 0. The molecule has 0 amide bonds. The van der Waals surface area contributed by atoms with Crippen LogP contribution in [-0.2, 0) is 0 Å². The molecule has 0 aliphatic carbocycles. The minimum absolute atomic E-state index is 0.743. The van der Waals surface area contributed by atoms with Crippen molar-refractivity contribution in [1.29, 1.82) is 0 Å². The summed E-state index contributed by atoms with van der Waals surface area (Å²) in [7, 11) is 0. The van der Waals surface area contributed by atoms with Crippen molar-refractivity contribution in [3.63, 3.8) is 0 Å². The van der Waals surface area contributed by atoms with Gasteiger partial charge in [-0.25, -0.2) is 0 Å². The van der Waals surface area contributed by atoms with Crippen LogP contribution < -0.4 is 5.32 Å². The molecule has 0 bridgehead atoms. The van der Waals surface area contributed by atoms with E-state index in [4.69, 9.17) is 11.6 Å². The summed E-state index contributed by atoms with van der Waals surface area (Å²) in [6, 6.07) is 31.2. The highest BCUT2D eigenvalue weighted by atomic mass is 35.5. The van der Waals surface area contributed by atoms with Crippen molar-refractivity contribution < 1.29 is 0 Å². The average molecular weight is 330 g/mol.